The summed E-state index contributed by atoms with van der Waals surface area (Å²) < 4.78 is 13.0. The van der Waals surface area contributed by atoms with Gasteiger partial charge in [-0.15, -0.1) is 0 Å². The number of hydrogen-bond donors (Lipinski definition) is 0. The van der Waals surface area contributed by atoms with E-state index in [0.29, 0.717) is 11.6 Å². The molecule has 7 heteroatoms. The van der Waals surface area contributed by atoms with Gasteiger partial charge >= 0.3 is 11.9 Å². The lowest BCUT2D eigenvalue weighted by molar-refractivity contribution is -0.172. The van der Waals surface area contributed by atoms with Gasteiger partial charge < -0.3 is 14.0 Å². The molecule has 3 aromatic rings. The molecule has 0 fully saturated rings. The lowest BCUT2D eigenvalue weighted by Crippen LogP contribution is -2.46. The summed E-state index contributed by atoms with van der Waals surface area (Å²) in [4.78, 5) is 31.7. The molecule has 0 radical (unpaired) electrons. The highest BCUT2D eigenvalue weighted by molar-refractivity contribution is 6.31. The number of aryl methyl sites for hydroxylation is 1. The molecule has 0 aliphatic heterocycles. The van der Waals surface area contributed by atoms with Crippen LogP contribution in [-0.2, 0) is 44.9 Å². The van der Waals surface area contributed by atoms with Crippen molar-refractivity contribution in [2.75, 3.05) is 13.2 Å². The van der Waals surface area contributed by atoms with Crippen LogP contribution in [0.2, 0.25) is 5.02 Å². The van der Waals surface area contributed by atoms with Crippen LogP contribution in [0.1, 0.15) is 56.3 Å². The minimum Gasteiger partial charge on any atom is -0.465 e. The maximum Gasteiger partial charge on any atom is 0.324 e. The zero-order valence-corrected chi connectivity index (χ0v) is 22.1. The third-order valence-electron chi connectivity index (χ3n) is 6.23. The Balaban J connectivity index is 2.11. The van der Waals surface area contributed by atoms with Crippen molar-refractivity contribution in [3.63, 3.8) is 0 Å². The van der Waals surface area contributed by atoms with Gasteiger partial charge in [-0.05, 0) is 43.9 Å². The van der Waals surface area contributed by atoms with Gasteiger partial charge in [0.2, 0.25) is 0 Å². The molecular formula is C29H35ClN2O4. The zero-order chi connectivity index (χ0) is 26.0. The zero-order valence-electron chi connectivity index (χ0n) is 21.3. The lowest BCUT2D eigenvalue weighted by Gasteiger charge is -2.30. The molecule has 0 aliphatic rings. The number of imidazole rings is 1. The Kier molecular flexibility index (Phi) is 10.1. The standard InChI is InChI=1S/C29H35ClN2O4/c1-4-7-17-26-31-20-24(32(26)21-23-15-11-12-16-25(23)30)19-29(27(33)35-5-2,28(34)36-6-3)18-22-13-9-8-10-14-22/h8-16,20H,4-7,17-19,21H2,1-3H3. The van der Waals surface area contributed by atoms with Gasteiger partial charge in [0.05, 0.1) is 19.8 Å². The number of carbonyl (C=O) groups is 2. The van der Waals surface area contributed by atoms with Gasteiger partial charge in [0.1, 0.15) is 5.82 Å². The van der Waals surface area contributed by atoms with Crippen molar-refractivity contribution in [3.8, 4) is 0 Å². The molecule has 0 aliphatic carbocycles. The maximum absolute atomic E-state index is 13.5. The average molecular weight is 511 g/mol. The fourth-order valence-electron chi connectivity index (χ4n) is 4.35. The van der Waals surface area contributed by atoms with Crippen LogP contribution in [-0.4, -0.2) is 34.7 Å². The van der Waals surface area contributed by atoms with Crippen LogP contribution in [0.4, 0.5) is 0 Å². The van der Waals surface area contributed by atoms with Crippen molar-refractivity contribution < 1.29 is 19.1 Å². The third kappa shape index (κ3) is 6.55. The first-order valence-corrected chi connectivity index (χ1v) is 13.0. The number of halogens is 1. The van der Waals surface area contributed by atoms with E-state index in [1.165, 1.54) is 0 Å². The number of hydrogen-bond acceptors (Lipinski definition) is 5. The van der Waals surface area contributed by atoms with E-state index in [1.54, 1.807) is 20.0 Å². The highest BCUT2D eigenvalue weighted by Gasteiger charge is 2.49. The Labute approximate surface area is 218 Å². The fourth-order valence-corrected chi connectivity index (χ4v) is 4.54. The first kappa shape index (κ1) is 27.5. The fraction of sp³-hybridized carbons (Fsp3) is 0.414. The van der Waals surface area contributed by atoms with Crippen LogP contribution >= 0.6 is 11.6 Å². The smallest absolute Gasteiger partial charge is 0.324 e. The lowest BCUT2D eigenvalue weighted by atomic mass is 9.77. The Hall–Kier alpha value is -3.12. The van der Waals surface area contributed by atoms with E-state index < -0.39 is 17.4 Å². The molecule has 0 saturated carbocycles. The van der Waals surface area contributed by atoms with E-state index in [0.717, 1.165) is 41.9 Å². The quantitative estimate of drug-likeness (QED) is 0.214. The second-order valence-electron chi connectivity index (χ2n) is 8.81. The topological polar surface area (TPSA) is 70.4 Å². The molecule has 1 aromatic heterocycles. The molecule has 6 nitrogen and oxygen atoms in total. The van der Waals surface area contributed by atoms with Gasteiger partial charge in [0.15, 0.2) is 5.41 Å². The molecule has 0 spiro atoms. The summed E-state index contributed by atoms with van der Waals surface area (Å²) in [5, 5.41) is 0.657. The van der Waals surface area contributed by atoms with Gasteiger partial charge in [-0.2, -0.15) is 0 Å². The largest absolute Gasteiger partial charge is 0.465 e. The number of carbonyl (C=O) groups excluding carboxylic acids is 2. The third-order valence-corrected chi connectivity index (χ3v) is 6.59. The molecule has 192 valence electrons. The summed E-state index contributed by atoms with van der Waals surface area (Å²) in [6, 6.07) is 17.2. The molecule has 0 amide bonds. The molecule has 36 heavy (non-hydrogen) atoms. The highest BCUT2D eigenvalue weighted by atomic mass is 35.5. The van der Waals surface area contributed by atoms with Gasteiger partial charge in [-0.1, -0.05) is 73.5 Å². The number of ether oxygens (including phenoxy) is 2. The molecule has 2 aromatic carbocycles. The molecular weight excluding hydrogens is 476 g/mol. The van der Waals surface area contributed by atoms with Crippen molar-refractivity contribution in [1.82, 2.24) is 9.55 Å². The molecule has 0 N–H and O–H groups in total. The van der Waals surface area contributed by atoms with E-state index in [9.17, 15) is 9.59 Å². The van der Waals surface area contributed by atoms with Crippen LogP contribution in [0.25, 0.3) is 0 Å². The van der Waals surface area contributed by atoms with Gasteiger partial charge in [0.25, 0.3) is 0 Å². The van der Waals surface area contributed by atoms with E-state index in [-0.39, 0.29) is 26.1 Å². The summed E-state index contributed by atoms with van der Waals surface area (Å²) in [5.41, 5.74) is 1.00. The molecule has 0 atom stereocenters. The van der Waals surface area contributed by atoms with Gasteiger partial charge in [0, 0.05) is 29.8 Å². The van der Waals surface area contributed by atoms with Crippen molar-refractivity contribution in [2.45, 2.75) is 59.4 Å². The first-order chi connectivity index (χ1) is 17.4. The van der Waals surface area contributed by atoms with Crippen LogP contribution in [0.5, 0.6) is 0 Å². The number of benzene rings is 2. The molecule has 1 heterocycles. The molecule has 0 bridgehead atoms. The first-order valence-electron chi connectivity index (χ1n) is 12.6. The predicted molar refractivity (Wildman–Crippen MR) is 141 cm³/mol. The van der Waals surface area contributed by atoms with Gasteiger partial charge in [-0.25, -0.2) is 4.98 Å². The van der Waals surface area contributed by atoms with E-state index in [4.69, 9.17) is 26.1 Å². The minimum absolute atomic E-state index is 0.100. The Morgan fingerprint density at radius 3 is 2.17 bits per heavy atom. The average Bonchev–Trinajstić information content (AvgIpc) is 3.25. The molecule has 3 rings (SSSR count). The van der Waals surface area contributed by atoms with Crippen LogP contribution in [0.15, 0.2) is 60.8 Å². The number of esters is 2. The van der Waals surface area contributed by atoms with Crippen LogP contribution < -0.4 is 0 Å². The monoisotopic (exact) mass is 510 g/mol. The summed E-state index contributed by atoms with van der Waals surface area (Å²) in [5.74, 6) is -0.283. The van der Waals surface area contributed by atoms with Crippen LogP contribution in [0.3, 0.4) is 0 Å². The summed E-state index contributed by atoms with van der Waals surface area (Å²) in [6.07, 6.45) is 4.81. The minimum atomic E-state index is -1.55. The molecule has 0 unspecified atom stereocenters. The second-order valence-corrected chi connectivity index (χ2v) is 9.22. The Bertz CT molecular complexity index is 1130. The summed E-state index contributed by atoms with van der Waals surface area (Å²) in [6.45, 7) is 6.42. The maximum atomic E-state index is 13.5. The number of rotatable bonds is 13. The number of unbranched alkanes of at least 4 members (excludes halogenated alkanes) is 1. The SMILES string of the molecule is CCCCc1ncc(CC(Cc2ccccc2)(C(=O)OCC)C(=O)OCC)n1Cc1ccccc1Cl. The second kappa shape index (κ2) is 13.3. The van der Waals surface area contributed by atoms with E-state index in [2.05, 4.69) is 11.5 Å². The van der Waals surface area contributed by atoms with Crippen molar-refractivity contribution >= 4 is 23.5 Å². The van der Waals surface area contributed by atoms with Gasteiger partial charge in [-0.3, -0.25) is 9.59 Å². The van der Waals surface area contributed by atoms with E-state index in [1.807, 2.05) is 54.6 Å². The Morgan fingerprint density at radius 1 is 0.917 bits per heavy atom. The number of aromatic nitrogens is 2. The van der Waals surface area contributed by atoms with Crippen molar-refractivity contribution in [2.24, 2.45) is 5.41 Å². The molecule has 0 saturated heterocycles. The van der Waals surface area contributed by atoms with E-state index >= 15 is 0 Å². The Morgan fingerprint density at radius 2 is 1.56 bits per heavy atom. The predicted octanol–water partition coefficient (Wildman–Crippen LogP) is 5.83. The number of nitrogens with zero attached hydrogens (tertiary/aromatic N) is 2. The van der Waals surface area contributed by atoms with Crippen molar-refractivity contribution in [1.29, 1.82) is 0 Å². The van der Waals surface area contributed by atoms with Crippen molar-refractivity contribution in [3.05, 3.63) is 88.5 Å². The summed E-state index contributed by atoms with van der Waals surface area (Å²) in [7, 11) is 0. The normalized spacial score (nSPS) is 11.3. The van der Waals surface area contributed by atoms with Crippen LogP contribution in [0, 0.1) is 5.41 Å². The summed E-state index contributed by atoms with van der Waals surface area (Å²) >= 11 is 6.49. The highest BCUT2D eigenvalue weighted by Crippen LogP contribution is 2.33.